The van der Waals surface area contributed by atoms with Crippen molar-refractivity contribution >= 4 is 0 Å². The van der Waals surface area contributed by atoms with Gasteiger partial charge in [-0.05, 0) is 43.0 Å². The summed E-state index contributed by atoms with van der Waals surface area (Å²) in [5.41, 5.74) is 2.25. The molecule has 0 amide bonds. The van der Waals surface area contributed by atoms with Crippen LogP contribution in [0.1, 0.15) is 44.2 Å². The first-order valence-corrected chi connectivity index (χ1v) is 6.53. The van der Waals surface area contributed by atoms with Crippen molar-refractivity contribution in [2.24, 2.45) is 0 Å². The van der Waals surface area contributed by atoms with Crippen LogP contribution in [0.15, 0.2) is 18.2 Å². The molecule has 0 spiro atoms. The van der Waals surface area contributed by atoms with E-state index in [0.29, 0.717) is 5.92 Å². The first kappa shape index (κ1) is 13.4. The van der Waals surface area contributed by atoms with Gasteiger partial charge in [0.05, 0.1) is 20.3 Å². The van der Waals surface area contributed by atoms with Crippen molar-refractivity contribution in [3.05, 3.63) is 29.3 Å². The van der Waals surface area contributed by atoms with Gasteiger partial charge in [0.1, 0.15) is 5.75 Å². The summed E-state index contributed by atoms with van der Waals surface area (Å²) in [5.74, 6) is 0.717. The van der Waals surface area contributed by atoms with E-state index < -0.39 is 5.79 Å². The maximum Gasteiger partial charge on any atom is 0.191 e. The fourth-order valence-electron chi connectivity index (χ4n) is 2.27. The molecule has 0 bridgehead atoms. The van der Waals surface area contributed by atoms with E-state index in [4.69, 9.17) is 14.2 Å². The Labute approximate surface area is 109 Å². The molecule has 18 heavy (non-hydrogen) atoms. The lowest BCUT2D eigenvalue weighted by Crippen LogP contribution is -2.35. The van der Waals surface area contributed by atoms with E-state index >= 15 is 0 Å². The van der Waals surface area contributed by atoms with Gasteiger partial charge in [0, 0.05) is 5.56 Å². The zero-order valence-corrected chi connectivity index (χ0v) is 11.7. The molecule has 0 aliphatic carbocycles. The van der Waals surface area contributed by atoms with E-state index in [9.17, 15) is 0 Å². The third-order valence-electron chi connectivity index (χ3n) is 3.42. The van der Waals surface area contributed by atoms with Crippen LogP contribution >= 0.6 is 0 Å². The van der Waals surface area contributed by atoms with Gasteiger partial charge < -0.3 is 14.2 Å². The van der Waals surface area contributed by atoms with Gasteiger partial charge in [-0.3, -0.25) is 0 Å². The summed E-state index contributed by atoms with van der Waals surface area (Å²) in [6, 6.07) is 6.15. The molecule has 100 valence electrons. The third kappa shape index (κ3) is 2.52. The minimum Gasteiger partial charge on any atom is -0.496 e. The number of rotatable bonds is 3. The fourth-order valence-corrected chi connectivity index (χ4v) is 2.27. The topological polar surface area (TPSA) is 27.7 Å². The second kappa shape index (κ2) is 5.29. The molecule has 1 saturated heterocycles. The quantitative estimate of drug-likeness (QED) is 0.822. The van der Waals surface area contributed by atoms with Crippen LogP contribution in [-0.4, -0.2) is 20.3 Å². The van der Waals surface area contributed by atoms with Crippen LogP contribution in [0.25, 0.3) is 0 Å². The third-order valence-corrected chi connectivity index (χ3v) is 3.42. The maximum absolute atomic E-state index is 5.80. The Morgan fingerprint density at radius 1 is 1.22 bits per heavy atom. The average molecular weight is 250 g/mol. The molecular weight excluding hydrogens is 228 g/mol. The van der Waals surface area contributed by atoms with Crippen molar-refractivity contribution in [2.45, 2.75) is 38.9 Å². The van der Waals surface area contributed by atoms with E-state index in [-0.39, 0.29) is 0 Å². The van der Waals surface area contributed by atoms with Crippen molar-refractivity contribution in [3.8, 4) is 5.75 Å². The Hall–Kier alpha value is -1.06. The van der Waals surface area contributed by atoms with E-state index in [1.165, 1.54) is 5.56 Å². The minimum atomic E-state index is -0.617. The molecule has 3 nitrogen and oxygen atoms in total. The second-order valence-corrected chi connectivity index (χ2v) is 5.11. The van der Waals surface area contributed by atoms with Gasteiger partial charge in [0.15, 0.2) is 5.79 Å². The van der Waals surface area contributed by atoms with Gasteiger partial charge in [-0.15, -0.1) is 0 Å². The van der Waals surface area contributed by atoms with E-state index in [1.54, 1.807) is 7.11 Å². The molecule has 0 radical (unpaired) electrons. The Morgan fingerprint density at radius 2 is 1.89 bits per heavy atom. The number of hydrogen-bond acceptors (Lipinski definition) is 3. The molecular formula is C15H22O3. The van der Waals surface area contributed by atoms with Crippen LogP contribution in [0.2, 0.25) is 0 Å². The van der Waals surface area contributed by atoms with Crippen LogP contribution in [-0.2, 0) is 15.3 Å². The van der Waals surface area contributed by atoms with E-state index in [1.807, 2.05) is 19.1 Å². The van der Waals surface area contributed by atoms with Crippen molar-refractivity contribution in [1.82, 2.24) is 0 Å². The Kier molecular flexibility index (Phi) is 3.93. The molecule has 0 saturated carbocycles. The highest BCUT2D eigenvalue weighted by Gasteiger charge is 2.32. The van der Waals surface area contributed by atoms with Gasteiger partial charge in [0.2, 0.25) is 0 Å². The lowest BCUT2D eigenvalue weighted by molar-refractivity contribution is -0.264. The number of hydrogen-bond donors (Lipinski definition) is 0. The van der Waals surface area contributed by atoms with Crippen molar-refractivity contribution < 1.29 is 14.2 Å². The lowest BCUT2D eigenvalue weighted by atomic mass is 9.96. The molecule has 1 fully saturated rings. The molecule has 1 aliphatic heterocycles. The predicted octanol–water partition coefficient (Wildman–Crippen LogP) is 3.43. The normalized spacial score (nSPS) is 18.9. The Morgan fingerprint density at radius 3 is 2.44 bits per heavy atom. The highest BCUT2D eigenvalue weighted by atomic mass is 16.7. The molecule has 2 rings (SSSR count). The van der Waals surface area contributed by atoms with Gasteiger partial charge >= 0.3 is 0 Å². The summed E-state index contributed by atoms with van der Waals surface area (Å²) in [5, 5.41) is 0. The molecule has 0 N–H and O–H groups in total. The van der Waals surface area contributed by atoms with Crippen molar-refractivity contribution in [2.75, 3.05) is 20.3 Å². The van der Waals surface area contributed by atoms with E-state index in [2.05, 4.69) is 19.9 Å². The summed E-state index contributed by atoms with van der Waals surface area (Å²) in [6.45, 7) is 7.80. The molecule has 0 atom stereocenters. The van der Waals surface area contributed by atoms with Crippen LogP contribution in [0, 0.1) is 0 Å². The van der Waals surface area contributed by atoms with Crippen LogP contribution in [0.4, 0.5) is 0 Å². The minimum absolute atomic E-state index is 0.409. The summed E-state index contributed by atoms with van der Waals surface area (Å²) in [6.07, 6.45) is 0.961. The molecule has 1 aromatic carbocycles. The predicted molar refractivity (Wildman–Crippen MR) is 71.0 cm³/mol. The summed E-state index contributed by atoms with van der Waals surface area (Å²) in [4.78, 5) is 0. The van der Waals surface area contributed by atoms with Crippen LogP contribution < -0.4 is 4.74 Å². The molecule has 3 heteroatoms. The number of ether oxygens (including phenoxy) is 3. The molecule has 1 aromatic rings. The standard InChI is InChI=1S/C15H22O3/c1-11(2)13-10-12(6-7-14(13)16-4)15(3)17-8-5-9-18-15/h6-7,10-11H,5,8-9H2,1-4H3. The van der Waals surface area contributed by atoms with Crippen molar-refractivity contribution in [3.63, 3.8) is 0 Å². The number of methoxy groups -OCH3 is 1. The molecule has 1 heterocycles. The summed E-state index contributed by atoms with van der Waals surface area (Å²) in [7, 11) is 1.70. The zero-order chi connectivity index (χ0) is 13.2. The zero-order valence-electron chi connectivity index (χ0n) is 11.7. The lowest BCUT2D eigenvalue weighted by Gasteiger charge is -2.34. The maximum atomic E-state index is 5.80. The molecule has 0 unspecified atom stereocenters. The number of benzene rings is 1. The monoisotopic (exact) mass is 250 g/mol. The smallest absolute Gasteiger partial charge is 0.191 e. The second-order valence-electron chi connectivity index (χ2n) is 5.11. The van der Waals surface area contributed by atoms with Crippen molar-refractivity contribution in [1.29, 1.82) is 0 Å². The summed E-state index contributed by atoms with van der Waals surface area (Å²) < 4.78 is 17.0. The highest BCUT2D eigenvalue weighted by Crippen LogP contribution is 2.35. The van der Waals surface area contributed by atoms with Gasteiger partial charge in [-0.2, -0.15) is 0 Å². The Bertz CT molecular complexity index is 406. The SMILES string of the molecule is COc1ccc(C2(C)OCCCO2)cc1C(C)C. The van der Waals surface area contributed by atoms with Gasteiger partial charge in [-0.1, -0.05) is 13.8 Å². The summed E-state index contributed by atoms with van der Waals surface area (Å²) >= 11 is 0. The largest absolute Gasteiger partial charge is 0.496 e. The average Bonchev–Trinajstić information content (AvgIpc) is 2.38. The van der Waals surface area contributed by atoms with E-state index in [0.717, 1.165) is 30.9 Å². The molecule has 0 aromatic heterocycles. The van der Waals surface area contributed by atoms with Gasteiger partial charge in [0.25, 0.3) is 0 Å². The fraction of sp³-hybridized carbons (Fsp3) is 0.600. The van der Waals surface area contributed by atoms with Gasteiger partial charge in [-0.25, -0.2) is 0 Å². The van der Waals surface area contributed by atoms with Crippen LogP contribution in [0.5, 0.6) is 5.75 Å². The first-order chi connectivity index (χ1) is 8.57. The molecule has 1 aliphatic rings. The van der Waals surface area contributed by atoms with Crippen LogP contribution in [0.3, 0.4) is 0 Å². The Balaban J connectivity index is 2.36. The highest BCUT2D eigenvalue weighted by molar-refractivity contribution is 5.40. The first-order valence-electron chi connectivity index (χ1n) is 6.53.